The first kappa shape index (κ1) is 19.1. The number of aryl methyl sites for hydroxylation is 1. The Morgan fingerprint density at radius 2 is 1.96 bits per heavy atom. The molecule has 0 aliphatic carbocycles. The number of carbonyl (C=O) groups excluding carboxylic acids is 2. The topological polar surface area (TPSA) is 76.1 Å². The van der Waals surface area contributed by atoms with Gasteiger partial charge in [0, 0.05) is 18.7 Å². The predicted molar refractivity (Wildman–Crippen MR) is 86.2 cm³/mol. The number of amides is 1. The van der Waals surface area contributed by atoms with Crippen molar-refractivity contribution in [1.82, 2.24) is 4.90 Å². The van der Waals surface area contributed by atoms with E-state index in [1.165, 1.54) is 7.11 Å². The SMILES string of the molecule is COC(=O)C(C)CN(CCOCCO)C(=O)c1ccccc1C. The fourth-order valence-electron chi connectivity index (χ4n) is 2.21. The van der Waals surface area contributed by atoms with Crippen molar-refractivity contribution in [3.8, 4) is 0 Å². The molecule has 0 saturated carbocycles. The number of esters is 1. The fraction of sp³-hybridized carbons (Fsp3) is 0.529. The zero-order valence-corrected chi connectivity index (χ0v) is 13.9. The van der Waals surface area contributed by atoms with E-state index in [1.54, 1.807) is 17.9 Å². The molecule has 6 heteroatoms. The summed E-state index contributed by atoms with van der Waals surface area (Å²) in [6.45, 7) is 4.64. The molecule has 0 aliphatic heterocycles. The van der Waals surface area contributed by atoms with Crippen LogP contribution >= 0.6 is 0 Å². The van der Waals surface area contributed by atoms with Gasteiger partial charge in [0.2, 0.25) is 0 Å². The van der Waals surface area contributed by atoms with Gasteiger partial charge in [0.1, 0.15) is 0 Å². The van der Waals surface area contributed by atoms with Gasteiger partial charge >= 0.3 is 5.97 Å². The van der Waals surface area contributed by atoms with Crippen LogP contribution in [0.15, 0.2) is 24.3 Å². The Kier molecular flexibility index (Phi) is 8.29. The number of ether oxygens (including phenoxy) is 2. The van der Waals surface area contributed by atoms with E-state index in [1.807, 2.05) is 25.1 Å². The van der Waals surface area contributed by atoms with Crippen LogP contribution in [-0.2, 0) is 14.3 Å². The van der Waals surface area contributed by atoms with E-state index < -0.39 is 5.92 Å². The number of aliphatic hydroxyl groups is 1. The lowest BCUT2D eigenvalue weighted by Crippen LogP contribution is -2.39. The molecule has 6 nitrogen and oxygen atoms in total. The van der Waals surface area contributed by atoms with Gasteiger partial charge in [-0.15, -0.1) is 0 Å². The van der Waals surface area contributed by atoms with E-state index in [-0.39, 0.29) is 31.6 Å². The molecule has 1 rings (SSSR count). The van der Waals surface area contributed by atoms with Gasteiger partial charge < -0.3 is 19.5 Å². The molecule has 0 aliphatic rings. The van der Waals surface area contributed by atoms with Gasteiger partial charge in [0.15, 0.2) is 0 Å². The Balaban J connectivity index is 2.82. The van der Waals surface area contributed by atoms with Crippen LogP contribution in [0.1, 0.15) is 22.8 Å². The first-order chi connectivity index (χ1) is 11.0. The summed E-state index contributed by atoms with van der Waals surface area (Å²) < 4.78 is 9.96. The largest absolute Gasteiger partial charge is 0.469 e. The maximum Gasteiger partial charge on any atom is 0.310 e. The first-order valence-corrected chi connectivity index (χ1v) is 7.62. The number of nitrogens with zero attached hydrogens (tertiary/aromatic N) is 1. The average Bonchev–Trinajstić information content (AvgIpc) is 2.56. The Morgan fingerprint density at radius 1 is 1.26 bits per heavy atom. The van der Waals surface area contributed by atoms with E-state index in [0.29, 0.717) is 18.7 Å². The molecule has 0 spiro atoms. The molecule has 128 valence electrons. The summed E-state index contributed by atoms with van der Waals surface area (Å²) in [7, 11) is 1.33. The summed E-state index contributed by atoms with van der Waals surface area (Å²) in [5.41, 5.74) is 1.48. The summed E-state index contributed by atoms with van der Waals surface area (Å²) in [5.74, 6) is -0.930. The minimum absolute atomic E-state index is 0.0652. The van der Waals surface area contributed by atoms with Crippen LogP contribution in [0.25, 0.3) is 0 Å². The van der Waals surface area contributed by atoms with Crippen LogP contribution in [-0.4, -0.2) is 61.9 Å². The predicted octanol–water partition coefficient (Wildman–Crippen LogP) is 1.26. The van der Waals surface area contributed by atoms with Crippen molar-refractivity contribution in [2.45, 2.75) is 13.8 Å². The zero-order chi connectivity index (χ0) is 17.2. The van der Waals surface area contributed by atoms with Gasteiger partial charge in [-0.05, 0) is 18.6 Å². The van der Waals surface area contributed by atoms with Gasteiger partial charge in [-0.3, -0.25) is 9.59 Å². The molecule has 23 heavy (non-hydrogen) atoms. The summed E-state index contributed by atoms with van der Waals surface area (Å²) >= 11 is 0. The van der Waals surface area contributed by atoms with Crippen molar-refractivity contribution in [2.24, 2.45) is 5.92 Å². The summed E-state index contributed by atoms with van der Waals surface area (Å²) in [5, 5.41) is 8.74. The zero-order valence-electron chi connectivity index (χ0n) is 13.9. The number of hydrogen-bond acceptors (Lipinski definition) is 5. The van der Waals surface area contributed by atoms with Crippen LogP contribution in [0.5, 0.6) is 0 Å². The van der Waals surface area contributed by atoms with Gasteiger partial charge in [-0.2, -0.15) is 0 Å². The molecule has 1 unspecified atom stereocenters. The van der Waals surface area contributed by atoms with Crippen molar-refractivity contribution < 1.29 is 24.2 Å². The highest BCUT2D eigenvalue weighted by Crippen LogP contribution is 2.13. The molecule has 0 heterocycles. The maximum absolute atomic E-state index is 12.7. The minimum atomic E-state index is -0.425. The number of carbonyl (C=O) groups is 2. The van der Waals surface area contributed by atoms with Crippen molar-refractivity contribution in [3.63, 3.8) is 0 Å². The average molecular weight is 323 g/mol. The van der Waals surface area contributed by atoms with E-state index in [9.17, 15) is 9.59 Å². The lowest BCUT2D eigenvalue weighted by Gasteiger charge is -2.25. The Labute approximate surface area is 137 Å². The Morgan fingerprint density at radius 3 is 2.57 bits per heavy atom. The van der Waals surface area contributed by atoms with Crippen molar-refractivity contribution in [3.05, 3.63) is 35.4 Å². The van der Waals surface area contributed by atoms with Crippen LogP contribution in [0, 0.1) is 12.8 Å². The third-order valence-corrected chi connectivity index (χ3v) is 3.50. The smallest absolute Gasteiger partial charge is 0.310 e. The molecule has 1 aromatic rings. The monoisotopic (exact) mass is 323 g/mol. The second-order valence-corrected chi connectivity index (χ2v) is 5.33. The summed E-state index contributed by atoms with van der Waals surface area (Å²) in [6.07, 6.45) is 0. The van der Waals surface area contributed by atoms with Crippen LogP contribution in [0.4, 0.5) is 0 Å². The summed E-state index contributed by atoms with van der Waals surface area (Å²) in [6, 6.07) is 7.32. The van der Waals surface area contributed by atoms with Gasteiger partial charge in [-0.25, -0.2) is 0 Å². The number of benzene rings is 1. The number of hydrogen-bond donors (Lipinski definition) is 1. The Bertz CT molecular complexity index is 517. The van der Waals surface area contributed by atoms with E-state index >= 15 is 0 Å². The van der Waals surface area contributed by atoms with Crippen LogP contribution < -0.4 is 0 Å². The highest BCUT2D eigenvalue weighted by Gasteiger charge is 2.23. The third kappa shape index (κ3) is 6.00. The van der Waals surface area contributed by atoms with Crippen LogP contribution in [0.3, 0.4) is 0 Å². The van der Waals surface area contributed by atoms with Gasteiger partial charge in [-0.1, -0.05) is 25.1 Å². The quantitative estimate of drug-likeness (QED) is 0.547. The van der Waals surface area contributed by atoms with Gasteiger partial charge in [0.25, 0.3) is 5.91 Å². The van der Waals surface area contributed by atoms with Crippen molar-refractivity contribution >= 4 is 11.9 Å². The molecular weight excluding hydrogens is 298 g/mol. The number of rotatable bonds is 9. The molecule has 1 N–H and O–H groups in total. The second kappa shape index (κ2) is 9.97. The molecule has 0 aromatic heterocycles. The van der Waals surface area contributed by atoms with Crippen LogP contribution in [0.2, 0.25) is 0 Å². The highest BCUT2D eigenvalue weighted by atomic mass is 16.5. The molecule has 0 radical (unpaired) electrons. The third-order valence-electron chi connectivity index (χ3n) is 3.50. The number of methoxy groups -OCH3 is 1. The normalized spacial score (nSPS) is 11.8. The lowest BCUT2D eigenvalue weighted by molar-refractivity contribution is -0.145. The maximum atomic E-state index is 12.7. The molecule has 1 amide bonds. The molecule has 1 aromatic carbocycles. The van der Waals surface area contributed by atoms with E-state index in [0.717, 1.165) is 5.56 Å². The van der Waals surface area contributed by atoms with Crippen molar-refractivity contribution in [2.75, 3.05) is 40.0 Å². The standard InChI is InChI=1S/C17H25NO5/c1-13-6-4-5-7-15(13)16(20)18(8-10-23-11-9-19)12-14(2)17(21)22-3/h4-7,14,19H,8-12H2,1-3H3. The van der Waals surface area contributed by atoms with E-state index in [4.69, 9.17) is 14.6 Å². The lowest BCUT2D eigenvalue weighted by atomic mass is 10.1. The highest BCUT2D eigenvalue weighted by molar-refractivity contribution is 5.95. The second-order valence-electron chi connectivity index (χ2n) is 5.33. The molecule has 0 fully saturated rings. The van der Waals surface area contributed by atoms with Gasteiger partial charge in [0.05, 0.1) is 32.8 Å². The Hall–Kier alpha value is -1.92. The minimum Gasteiger partial charge on any atom is -0.469 e. The fourth-order valence-corrected chi connectivity index (χ4v) is 2.21. The number of aliphatic hydroxyl groups excluding tert-OH is 1. The molecule has 0 saturated heterocycles. The first-order valence-electron chi connectivity index (χ1n) is 7.62. The summed E-state index contributed by atoms with van der Waals surface area (Å²) in [4.78, 5) is 26.0. The van der Waals surface area contributed by atoms with Crippen molar-refractivity contribution in [1.29, 1.82) is 0 Å². The molecule has 1 atom stereocenters. The van der Waals surface area contributed by atoms with E-state index in [2.05, 4.69) is 0 Å². The molecule has 0 bridgehead atoms. The molecular formula is C17H25NO5.